The summed E-state index contributed by atoms with van der Waals surface area (Å²) in [6.45, 7) is 7.17. The molecule has 9 heteroatoms. The molecule has 0 aliphatic carbocycles. The van der Waals surface area contributed by atoms with E-state index in [4.69, 9.17) is 16.3 Å². The topological polar surface area (TPSA) is 91.0 Å². The smallest absolute Gasteiger partial charge is 0.258 e. The molecule has 0 fully saturated rings. The van der Waals surface area contributed by atoms with Crippen molar-refractivity contribution in [3.05, 3.63) is 62.3 Å². The summed E-state index contributed by atoms with van der Waals surface area (Å²) in [6.07, 6.45) is 0.513. The van der Waals surface area contributed by atoms with E-state index in [2.05, 4.69) is 15.4 Å². The van der Waals surface area contributed by atoms with Crippen molar-refractivity contribution in [1.82, 2.24) is 19.3 Å². The number of hydrogen-bond donors (Lipinski definition) is 1. The van der Waals surface area contributed by atoms with Crippen molar-refractivity contribution in [3.63, 3.8) is 0 Å². The molecule has 0 aliphatic heterocycles. The van der Waals surface area contributed by atoms with E-state index in [-0.39, 0.29) is 12.1 Å². The molecule has 0 spiro atoms. The van der Waals surface area contributed by atoms with Crippen LogP contribution in [0, 0.1) is 20.8 Å². The first-order chi connectivity index (χ1) is 14.2. The number of carbonyl (C=O) groups is 1. The van der Waals surface area contributed by atoms with Crippen molar-refractivity contribution < 1.29 is 9.53 Å². The van der Waals surface area contributed by atoms with Crippen LogP contribution in [0.25, 0.3) is 5.95 Å². The Kier molecular flexibility index (Phi) is 6.26. The maximum Gasteiger partial charge on any atom is 0.258 e. The summed E-state index contributed by atoms with van der Waals surface area (Å²) in [5.41, 5.74) is 2.95. The number of aryl methyl sites for hydroxylation is 3. The number of halogens is 1. The fraction of sp³-hybridized carbons (Fsp3) is 0.333. The molecule has 2 aromatic heterocycles. The maximum absolute atomic E-state index is 13.2. The van der Waals surface area contributed by atoms with E-state index in [0.29, 0.717) is 40.1 Å². The molecule has 3 rings (SSSR count). The highest BCUT2D eigenvalue weighted by molar-refractivity contribution is 6.31. The van der Waals surface area contributed by atoms with Crippen LogP contribution in [0.2, 0.25) is 5.02 Å². The number of methoxy groups -OCH3 is 1. The summed E-state index contributed by atoms with van der Waals surface area (Å²) < 4.78 is 8.20. The number of nitrogens with one attached hydrogen (secondary N) is 1. The molecule has 1 N–H and O–H groups in total. The fourth-order valence-electron chi connectivity index (χ4n) is 3.34. The highest BCUT2D eigenvalue weighted by Crippen LogP contribution is 2.27. The molecule has 0 aliphatic rings. The number of amides is 1. The van der Waals surface area contributed by atoms with Gasteiger partial charge >= 0.3 is 0 Å². The van der Waals surface area contributed by atoms with Gasteiger partial charge in [0.15, 0.2) is 0 Å². The van der Waals surface area contributed by atoms with Gasteiger partial charge in [0.25, 0.3) is 5.56 Å². The summed E-state index contributed by atoms with van der Waals surface area (Å²) in [5, 5.41) is 7.65. The molecule has 0 saturated carbocycles. The Balaban J connectivity index is 2.04. The number of carbonyl (C=O) groups excluding carboxylic acids is 1. The quantitative estimate of drug-likeness (QED) is 0.649. The van der Waals surface area contributed by atoms with E-state index >= 15 is 0 Å². The Labute approximate surface area is 179 Å². The van der Waals surface area contributed by atoms with Gasteiger partial charge in [-0.2, -0.15) is 5.10 Å². The number of hydrogen-bond acceptors (Lipinski definition) is 5. The van der Waals surface area contributed by atoms with Gasteiger partial charge in [0.1, 0.15) is 12.3 Å². The molecule has 158 valence electrons. The molecule has 0 radical (unpaired) electrons. The minimum atomic E-state index is -0.409. The predicted molar refractivity (Wildman–Crippen MR) is 116 cm³/mol. The largest absolute Gasteiger partial charge is 0.495 e. The van der Waals surface area contributed by atoms with Gasteiger partial charge in [0.2, 0.25) is 11.9 Å². The molecule has 1 amide bonds. The molecule has 0 saturated heterocycles. The van der Waals surface area contributed by atoms with Crippen LogP contribution >= 0.6 is 11.6 Å². The molecule has 0 atom stereocenters. The summed E-state index contributed by atoms with van der Waals surface area (Å²) in [6, 6.07) is 6.80. The summed E-state index contributed by atoms with van der Waals surface area (Å²) >= 11 is 6.04. The fourth-order valence-corrected chi connectivity index (χ4v) is 3.51. The van der Waals surface area contributed by atoms with Crippen molar-refractivity contribution in [2.45, 2.75) is 40.7 Å². The number of benzene rings is 1. The molecule has 8 nitrogen and oxygen atoms in total. The van der Waals surface area contributed by atoms with Crippen LogP contribution in [0.1, 0.15) is 29.6 Å². The van der Waals surface area contributed by atoms with Crippen molar-refractivity contribution in [3.8, 4) is 11.7 Å². The molecule has 3 aromatic rings. The molecule has 30 heavy (non-hydrogen) atoms. The van der Waals surface area contributed by atoms with Crippen LogP contribution in [-0.2, 0) is 17.8 Å². The zero-order valence-electron chi connectivity index (χ0n) is 17.6. The molecular formula is C21H24ClN5O3. The lowest BCUT2D eigenvalue weighted by Gasteiger charge is -2.16. The van der Waals surface area contributed by atoms with E-state index in [1.54, 1.807) is 29.8 Å². The second kappa shape index (κ2) is 8.71. The summed E-state index contributed by atoms with van der Waals surface area (Å²) in [4.78, 5) is 30.6. The first kappa shape index (κ1) is 21.6. The Morgan fingerprint density at radius 1 is 1.23 bits per heavy atom. The number of rotatable bonds is 6. The van der Waals surface area contributed by atoms with E-state index in [9.17, 15) is 9.59 Å². The second-order valence-corrected chi connectivity index (χ2v) is 7.39. The minimum Gasteiger partial charge on any atom is -0.495 e. The third-order valence-corrected chi connectivity index (χ3v) is 4.97. The van der Waals surface area contributed by atoms with Gasteiger partial charge in [0, 0.05) is 16.3 Å². The number of aromatic nitrogens is 4. The minimum absolute atomic E-state index is 0.234. The van der Waals surface area contributed by atoms with Crippen molar-refractivity contribution in [2.24, 2.45) is 0 Å². The molecule has 0 bridgehead atoms. The van der Waals surface area contributed by atoms with Crippen LogP contribution in [0.5, 0.6) is 5.75 Å². The van der Waals surface area contributed by atoms with Gasteiger partial charge in [-0.1, -0.05) is 18.5 Å². The average molecular weight is 430 g/mol. The number of ether oxygens (including phenoxy) is 1. The Bertz CT molecular complexity index is 1170. The van der Waals surface area contributed by atoms with E-state index in [1.165, 1.54) is 11.7 Å². The van der Waals surface area contributed by atoms with Gasteiger partial charge in [-0.05, 0) is 51.5 Å². The average Bonchev–Trinajstić information content (AvgIpc) is 3.02. The highest BCUT2D eigenvalue weighted by Gasteiger charge is 2.19. The maximum atomic E-state index is 13.2. The second-order valence-electron chi connectivity index (χ2n) is 6.95. The summed E-state index contributed by atoms with van der Waals surface area (Å²) in [7, 11) is 1.50. The van der Waals surface area contributed by atoms with Crippen LogP contribution in [-0.4, -0.2) is 32.3 Å². The lowest BCUT2D eigenvalue weighted by Crippen LogP contribution is -2.34. The first-order valence-electron chi connectivity index (χ1n) is 9.52. The predicted octanol–water partition coefficient (Wildman–Crippen LogP) is 3.22. The van der Waals surface area contributed by atoms with Gasteiger partial charge in [-0.3, -0.25) is 14.2 Å². The van der Waals surface area contributed by atoms with Crippen molar-refractivity contribution in [2.75, 3.05) is 12.4 Å². The zero-order chi connectivity index (χ0) is 22.0. The molecule has 1 aromatic carbocycles. The third-order valence-electron chi connectivity index (χ3n) is 4.74. The lowest BCUT2D eigenvalue weighted by atomic mass is 10.2. The SMILES string of the molecule is CCc1c(C)nc(-n2nc(C)cc2C)n(CC(=O)Nc2cc(Cl)ccc2OC)c1=O. The van der Waals surface area contributed by atoms with Gasteiger partial charge < -0.3 is 10.1 Å². The van der Waals surface area contributed by atoms with Crippen LogP contribution in [0.15, 0.2) is 29.1 Å². The number of anilines is 1. The van der Waals surface area contributed by atoms with Crippen LogP contribution in [0.4, 0.5) is 5.69 Å². The monoisotopic (exact) mass is 429 g/mol. The standard InChI is InChI=1S/C21H24ClN5O3/c1-6-16-14(4)23-21(27-13(3)9-12(2)25-27)26(20(16)29)11-19(28)24-17-10-15(22)7-8-18(17)30-5/h7-10H,6,11H2,1-5H3,(H,24,28). The van der Waals surface area contributed by atoms with Gasteiger partial charge in [-0.25, -0.2) is 9.67 Å². The Hall–Kier alpha value is -3.13. The number of nitrogens with zero attached hydrogens (tertiary/aromatic N) is 4. The van der Waals surface area contributed by atoms with Crippen LogP contribution in [0.3, 0.4) is 0 Å². The first-order valence-corrected chi connectivity index (χ1v) is 9.90. The Morgan fingerprint density at radius 3 is 2.57 bits per heavy atom. The van der Waals surface area contributed by atoms with Gasteiger partial charge in [-0.15, -0.1) is 0 Å². The van der Waals surface area contributed by atoms with Crippen LogP contribution < -0.4 is 15.6 Å². The molecule has 2 heterocycles. The normalized spacial score (nSPS) is 10.9. The molecular weight excluding hydrogens is 406 g/mol. The molecule has 0 unspecified atom stereocenters. The summed E-state index contributed by atoms with van der Waals surface area (Å²) in [5.74, 6) is 0.358. The third kappa shape index (κ3) is 4.23. The van der Waals surface area contributed by atoms with E-state index < -0.39 is 5.91 Å². The van der Waals surface area contributed by atoms with Crippen molar-refractivity contribution in [1.29, 1.82) is 0 Å². The van der Waals surface area contributed by atoms with Gasteiger partial charge in [0.05, 0.1) is 24.2 Å². The Morgan fingerprint density at radius 2 is 1.97 bits per heavy atom. The highest BCUT2D eigenvalue weighted by atomic mass is 35.5. The van der Waals surface area contributed by atoms with Crippen molar-refractivity contribution >= 4 is 23.2 Å². The van der Waals surface area contributed by atoms with E-state index in [1.807, 2.05) is 26.8 Å². The zero-order valence-corrected chi connectivity index (χ0v) is 18.4. The lowest BCUT2D eigenvalue weighted by molar-refractivity contribution is -0.116. The van der Waals surface area contributed by atoms with E-state index in [0.717, 1.165) is 11.4 Å².